The molecule has 1 fully saturated rings. The second kappa shape index (κ2) is 5.18. The monoisotopic (exact) mass is 336 g/mol. The largest absolute Gasteiger partial charge is 0.493 e. The molecule has 1 atom stereocenters. The summed E-state index contributed by atoms with van der Waals surface area (Å²) in [6, 6.07) is 4.15. The van der Waals surface area contributed by atoms with Crippen LogP contribution in [0.2, 0.25) is 0 Å². The third-order valence-corrected chi connectivity index (χ3v) is 5.29. The average molecular weight is 337 g/mol. The Morgan fingerprint density at radius 1 is 1.45 bits per heavy atom. The Morgan fingerprint density at radius 2 is 2.25 bits per heavy atom. The third kappa shape index (κ3) is 2.52. The molecule has 3 heteroatoms. The van der Waals surface area contributed by atoms with Crippen LogP contribution in [0.1, 0.15) is 44.2 Å². The highest BCUT2D eigenvalue weighted by Gasteiger charge is 2.39. The molecule has 1 unspecified atom stereocenters. The molecule has 0 N–H and O–H groups in total. The number of carbonyl (C=O) groups is 1. The maximum absolute atomic E-state index is 12.7. The minimum atomic E-state index is 0.160. The number of halogens is 1. The molecule has 0 spiro atoms. The van der Waals surface area contributed by atoms with Crippen LogP contribution >= 0.6 is 15.9 Å². The molecule has 0 radical (unpaired) electrons. The Bertz CT molecular complexity index is 548. The van der Waals surface area contributed by atoms with E-state index in [1.165, 1.54) is 12.0 Å². The minimum absolute atomic E-state index is 0.160. The number of hydrogen-bond acceptors (Lipinski definition) is 2. The van der Waals surface area contributed by atoms with Crippen molar-refractivity contribution in [1.82, 2.24) is 0 Å². The molecule has 1 aromatic carbocycles. The van der Waals surface area contributed by atoms with E-state index in [2.05, 4.69) is 35.8 Å². The van der Waals surface area contributed by atoms with Crippen LogP contribution in [0.25, 0.3) is 0 Å². The molecule has 0 amide bonds. The van der Waals surface area contributed by atoms with Crippen molar-refractivity contribution < 1.29 is 9.53 Å². The fourth-order valence-electron chi connectivity index (χ4n) is 3.71. The molecule has 108 valence electrons. The normalized spacial score (nSPS) is 23.4. The van der Waals surface area contributed by atoms with E-state index in [0.29, 0.717) is 12.2 Å². The summed E-state index contributed by atoms with van der Waals surface area (Å²) in [6.07, 6.45) is 4.84. The van der Waals surface area contributed by atoms with Gasteiger partial charge < -0.3 is 4.74 Å². The first-order valence-corrected chi connectivity index (χ1v) is 8.23. The first-order chi connectivity index (χ1) is 9.47. The maximum atomic E-state index is 12.7. The first kappa shape index (κ1) is 14.1. The number of Topliss-reactive ketones (excluding diaryl/α,β-unsaturated/α-hetero) is 1. The Balaban J connectivity index is 1.83. The summed E-state index contributed by atoms with van der Waals surface area (Å²) in [4.78, 5) is 12.7. The van der Waals surface area contributed by atoms with Gasteiger partial charge in [-0.05, 0) is 36.0 Å². The van der Waals surface area contributed by atoms with Gasteiger partial charge in [0.2, 0.25) is 0 Å². The second-order valence-electron chi connectivity index (χ2n) is 6.73. The molecule has 20 heavy (non-hydrogen) atoms. The quantitative estimate of drug-likeness (QED) is 0.821. The van der Waals surface area contributed by atoms with Crippen LogP contribution < -0.4 is 4.74 Å². The first-order valence-electron chi connectivity index (χ1n) is 7.44. The number of carbonyl (C=O) groups excluding carboxylic acids is 1. The lowest BCUT2D eigenvalue weighted by Gasteiger charge is -2.26. The van der Waals surface area contributed by atoms with Crippen molar-refractivity contribution >= 4 is 21.7 Å². The number of ether oxygens (including phenoxy) is 1. The zero-order valence-electron chi connectivity index (χ0n) is 12.2. The van der Waals surface area contributed by atoms with E-state index in [0.717, 1.165) is 41.7 Å². The zero-order valence-corrected chi connectivity index (χ0v) is 13.8. The Hall–Kier alpha value is -0.830. The van der Waals surface area contributed by atoms with Crippen molar-refractivity contribution in [1.29, 1.82) is 0 Å². The molecule has 0 aromatic heterocycles. The SMILES string of the molecule is CC1(C)CCCC1C(=O)Cc1cc(Br)cc2c1OCC2. The lowest BCUT2D eigenvalue weighted by Crippen LogP contribution is -2.27. The number of hydrogen-bond donors (Lipinski definition) is 0. The predicted octanol–water partition coefficient (Wildman–Crippen LogP) is 4.32. The number of rotatable bonds is 3. The van der Waals surface area contributed by atoms with Crippen LogP contribution in [0.4, 0.5) is 0 Å². The van der Waals surface area contributed by atoms with Crippen LogP contribution in [-0.4, -0.2) is 12.4 Å². The Labute approximate surface area is 129 Å². The molecule has 1 aromatic rings. The van der Waals surface area contributed by atoms with Crippen molar-refractivity contribution in [3.8, 4) is 5.75 Å². The van der Waals surface area contributed by atoms with Crippen LogP contribution in [0.5, 0.6) is 5.75 Å². The summed E-state index contributed by atoms with van der Waals surface area (Å²) in [5.41, 5.74) is 2.44. The Morgan fingerprint density at radius 3 is 2.95 bits per heavy atom. The van der Waals surface area contributed by atoms with Crippen LogP contribution in [0, 0.1) is 11.3 Å². The van der Waals surface area contributed by atoms with Crippen molar-refractivity contribution in [3.05, 3.63) is 27.7 Å². The second-order valence-corrected chi connectivity index (χ2v) is 7.64. The molecule has 3 rings (SSSR count). The topological polar surface area (TPSA) is 26.3 Å². The molecule has 2 aliphatic rings. The van der Waals surface area contributed by atoms with Gasteiger partial charge in [-0.2, -0.15) is 0 Å². The molecule has 0 saturated heterocycles. The van der Waals surface area contributed by atoms with Gasteiger partial charge in [-0.1, -0.05) is 36.2 Å². The van der Waals surface area contributed by atoms with Gasteiger partial charge in [0.05, 0.1) is 6.61 Å². The van der Waals surface area contributed by atoms with Crippen LogP contribution in [0.15, 0.2) is 16.6 Å². The fourth-order valence-corrected chi connectivity index (χ4v) is 4.26. The summed E-state index contributed by atoms with van der Waals surface area (Å²) >= 11 is 3.54. The van der Waals surface area contributed by atoms with Crippen molar-refractivity contribution in [2.45, 2.75) is 46.0 Å². The van der Waals surface area contributed by atoms with E-state index >= 15 is 0 Å². The lowest BCUT2D eigenvalue weighted by molar-refractivity contribution is -0.124. The standard InChI is InChI=1S/C17H21BrO2/c1-17(2)6-3-4-14(17)15(19)10-12-9-13(18)8-11-5-7-20-16(11)12/h8-9,14H,3-7,10H2,1-2H3. The van der Waals surface area contributed by atoms with Crippen LogP contribution in [0.3, 0.4) is 0 Å². The van der Waals surface area contributed by atoms with Gasteiger partial charge in [-0.3, -0.25) is 4.79 Å². The van der Waals surface area contributed by atoms with Crippen molar-refractivity contribution in [2.75, 3.05) is 6.61 Å². The molecule has 1 saturated carbocycles. The van der Waals surface area contributed by atoms with Crippen molar-refractivity contribution in [3.63, 3.8) is 0 Å². The average Bonchev–Trinajstić information content (AvgIpc) is 2.94. The molecule has 1 heterocycles. The summed E-state index contributed by atoms with van der Waals surface area (Å²) in [6.45, 7) is 5.19. The van der Waals surface area contributed by atoms with Crippen LogP contribution in [-0.2, 0) is 17.6 Å². The van der Waals surface area contributed by atoms with E-state index < -0.39 is 0 Å². The smallest absolute Gasteiger partial charge is 0.141 e. The van der Waals surface area contributed by atoms with E-state index in [4.69, 9.17) is 4.74 Å². The van der Waals surface area contributed by atoms with Gasteiger partial charge in [-0.25, -0.2) is 0 Å². The molecule has 0 bridgehead atoms. The van der Waals surface area contributed by atoms with E-state index in [9.17, 15) is 4.79 Å². The number of fused-ring (bicyclic) bond motifs is 1. The highest BCUT2D eigenvalue weighted by molar-refractivity contribution is 9.10. The van der Waals surface area contributed by atoms with Gasteiger partial charge in [0.25, 0.3) is 0 Å². The number of ketones is 1. The van der Waals surface area contributed by atoms with Gasteiger partial charge in [0.15, 0.2) is 0 Å². The predicted molar refractivity (Wildman–Crippen MR) is 83.2 cm³/mol. The lowest BCUT2D eigenvalue weighted by atomic mass is 9.78. The van der Waals surface area contributed by atoms with Crippen molar-refractivity contribution in [2.24, 2.45) is 11.3 Å². The zero-order chi connectivity index (χ0) is 14.3. The molecular formula is C17H21BrO2. The molecular weight excluding hydrogens is 316 g/mol. The highest BCUT2D eigenvalue weighted by atomic mass is 79.9. The summed E-state index contributed by atoms with van der Waals surface area (Å²) in [5.74, 6) is 1.54. The highest BCUT2D eigenvalue weighted by Crippen LogP contribution is 2.44. The Kier molecular flexibility index (Phi) is 3.65. The van der Waals surface area contributed by atoms with E-state index in [1.54, 1.807) is 0 Å². The molecule has 1 aliphatic carbocycles. The maximum Gasteiger partial charge on any atom is 0.141 e. The number of benzene rings is 1. The van der Waals surface area contributed by atoms with Gasteiger partial charge in [0.1, 0.15) is 11.5 Å². The summed E-state index contributed by atoms with van der Waals surface area (Å²) < 4.78 is 6.78. The van der Waals surface area contributed by atoms with Gasteiger partial charge in [0, 0.05) is 28.8 Å². The van der Waals surface area contributed by atoms with E-state index in [1.807, 2.05) is 6.07 Å². The molecule has 1 aliphatic heterocycles. The third-order valence-electron chi connectivity index (χ3n) is 4.84. The van der Waals surface area contributed by atoms with Gasteiger partial charge >= 0.3 is 0 Å². The fraction of sp³-hybridized carbons (Fsp3) is 0.588. The minimum Gasteiger partial charge on any atom is -0.493 e. The van der Waals surface area contributed by atoms with Gasteiger partial charge in [-0.15, -0.1) is 0 Å². The molecule has 2 nitrogen and oxygen atoms in total. The summed E-state index contributed by atoms with van der Waals surface area (Å²) in [5, 5.41) is 0. The van der Waals surface area contributed by atoms with E-state index in [-0.39, 0.29) is 11.3 Å². The summed E-state index contributed by atoms with van der Waals surface area (Å²) in [7, 11) is 0.